The highest BCUT2D eigenvalue weighted by atomic mass is 32.2. The number of aryl methyl sites for hydroxylation is 2. The molecule has 0 spiro atoms. The zero-order valence-corrected chi connectivity index (χ0v) is 48.0. The quantitative estimate of drug-likeness (QED) is 0.0723. The summed E-state index contributed by atoms with van der Waals surface area (Å²) in [6, 6.07) is 84.0. The number of benzene rings is 9. The van der Waals surface area contributed by atoms with Gasteiger partial charge in [-0.2, -0.15) is 0 Å². The Morgan fingerprint density at radius 3 is 1.26 bits per heavy atom. The number of hydrogen-bond donors (Lipinski definition) is 1. The number of carbonyl (C=O) groups is 2. The van der Waals surface area contributed by atoms with Gasteiger partial charge in [0.05, 0.1) is 9.49 Å². The SMILES string of the molecule is Cc1ccc(C(SCCN(CCSC(c2ccccc2)(c2ccccc2)c2ccc(C)cc2)C(=O)[C@H](Cc2ccc(OC(C)(C)C)cc2)NC(=O)OCC2c3ccccc3-c3ccccc32)(c2ccccc2)c2ccccc2)cc1. The lowest BCUT2D eigenvalue weighted by molar-refractivity contribution is -0.132. The fraction of sp³-hybridized carbons (Fsp3) is 0.222. The second kappa shape index (κ2) is 25.1. The van der Waals surface area contributed by atoms with Crippen molar-refractivity contribution in [1.82, 2.24) is 10.2 Å². The average Bonchev–Trinajstić information content (AvgIpc) is 3.83. The minimum atomic E-state index is -0.967. The number of alkyl carbamates (subject to hydrolysis) is 1. The van der Waals surface area contributed by atoms with Crippen LogP contribution in [0.1, 0.15) is 87.9 Å². The van der Waals surface area contributed by atoms with E-state index in [0.29, 0.717) is 24.6 Å². The fourth-order valence-corrected chi connectivity index (χ4v) is 14.3. The van der Waals surface area contributed by atoms with Crippen LogP contribution in [0.15, 0.2) is 243 Å². The smallest absolute Gasteiger partial charge is 0.407 e. The van der Waals surface area contributed by atoms with Crippen LogP contribution < -0.4 is 10.1 Å². The summed E-state index contributed by atoms with van der Waals surface area (Å²) in [6.45, 7) is 11.2. The van der Waals surface area contributed by atoms with Crippen LogP contribution in [0.2, 0.25) is 0 Å². The van der Waals surface area contributed by atoms with Crippen molar-refractivity contribution in [3.8, 4) is 16.9 Å². The molecule has 1 N–H and O–H groups in total. The van der Waals surface area contributed by atoms with Crippen molar-refractivity contribution in [3.05, 3.63) is 304 Å². The van der Waals surface area contributed by atoms with E-state index < -0.39 is 27.2 Å². The molecule has 0 unspecified atom stereocenters. The molecule has 80 heavy (non-hydrogen) atoms. The van der Waals surface area contributed by atoms with E-state index in [4.69, 9.17) is 9.47 Å². The Balaban J connectivity index is 1.02. The van der Waals surface area contributed by atoms with Crippen LogP contribution in [-0.2, 0) is 25.4 Å². The summed E-state index contributed by atoms with van der Waals surface area (Å²) in [5, 5.41) is 3.15. The highest BCUT2D eigenvalue weighted by Gasteiger charge is 2.40. The lowest BCUT2D eigenvalue weighted by Crippen LogP contribution is -2.51. The Kier molecular flexibility index (Phi) is 17.4. The molecule has 9 aromatic carbocycles. The Hall–Kier alpha value is -7.78. The Morgan fingerprint density at radius 1 is 0.487 bits per heavy atom. The van der Waals surface area contributed by atoms with Gasteiger partial charge in [0.15, 0.2) is 0 Å². The van der Waals surface area contributed by atoms with Gasteiger partial charge in [-0.3, -0.25) is 4.79 Å². The zero-order chi connectivity index (χ0) is 55.5. The Labute approximate surface area is 482 Å². The number of hydrogen-bond acceptors (Lipinski definition) is 6. The molecule has 0 fully saturated rings. The normalized spacial score (nSPS) is 12.7. The third-order valence-corrected chi connectivity index (χ3v) is 18.1. The second-order valence-corrected chi connectivity index (χ2v) is 24.3. The molecule has 6 nitrogen and oxygen atoms in total. The van der Waals surface area contributed by atoms with Crippen LogP contribution in [0.25, 0.3) is 11.1 Å². The summed E-state index contributed by atoms with van der Waals surface area (Å²) >= 11 is 3.66. The van der Waals surface area contributed by atoms with Gasteiger partial charge in [0.1, 0.15) is 24.0 Å². The van der Waals surface area contributed by atoms with Crippen LogP contribution in [0.4, 0.5) is 4.79 Å². The van der Waals surface area contributed by atoms with Crippen LogP contribution >= 0.6 is 23.5 Å². The standard InChI is InChI=1S/C72H70N2O4S2/c1-52-34-40-59(41-35-52)71(55-22-10-6-11-23-55,56-24-12-7-13-25-56)79-48-46-74(47-49-80-72(57-26-14-8-15-27-57,58-28-16-9-17-29-58)60-42-36-53(2)37-43-60)68(75)67(50-54-38-44-61(45-39-54)78-70(3,4)5)73-69(76)77-51-66-64-32-20-18-30-62(64)63-31-19-21-33-65(63)66/h6-45,66-67H,46-51H2,1-5H3,(H,73,76)/t67-/m0/s1. The maximum absolute atomic E-state index is 16.0. The van der Waals surface area contributed by atoms with E-state index in [0.717, 1.165) is 66.9 Å². The highest BCUT2D eigenvalue weighted by molar-refractivity contribution is 8.00. The van der Waals surface area contributed by atoms with Crippen LogP contribution in [0.3, 0.4) is 0 Å². The average molecular weight is 1090 g/mol. The van der Waals surface area contributed by atoms with Crippen LogP contribution in [0, 0.1) is 13.8 Å². The lowest BCUT2D eigenvalue weighted by atomic mass is 9.84. The van der Waals surface area contributed by atoms with Gasteiger partial charge in [-0.15, -0.1) is 23.5 Å². The zero-order valence-electron chi connectivity index (χ0n) is 46.4. The van der Waals surface area contributed by atoms with Gasteiger partial charge < -0.3 is 19.7 Å². The number of carbonyl (C=O) groups excluding carboxylic acids is 2. The summed E-state index contributed by atoms with van der Waals surface area (Å²) in [4.78, 5) is 32.5. The number of amides is 2. The molecular formula is C72H70N2O4S2. The second-order valence-electron chi connectivity index (χ2n) is 21.7. The molecule has 2 amide bonds. The maximum atomic E-state index is 16.0. The van der Waals surface area contributed by atoms with Gasteiger partial charge in [-0.05, 0) is 108 Å². The minimum Gasteiger partial charge on any atom is -0.488 e. The number of rotatable bonds is 21. The first-order valence-electron chi connectivity index (χ1n) is 27.7. The van der Waals surface area contributed by atoms with Crippen molar-refractivity contribution in [2.45, 2.75) is 68.1 Å². The third kappa shape index (κ3) is 12.5. The maximum Gasteiger partial charge on any atom is 0.407 e. The molecule has 404 valence electrons. The van der Waals surface area contributed by atoms with Crippen molar-refractivity contribution in [2.24, 2.45) is 0 Å². The van der Waals surface area contributed by atoms with Gasteiger partial charge in [0.2, 0.25) is 5.91 Å². The predicted molar refractivity (Wildman–Crippen MR) is 332 cm³/mol. The first kappa shape index (κ1) is 55.5. The molecule has 0 saturated heterocycles. The molecule has 8 heteroatoms. The summed E-state index contributed by atoms with van der Waals surface area (Å²) in [6.07, 6.45) is -0.405. The number of fused-ring (bicyclic) bond motifs is 3. The van der Waals surface area contributed by atoms with E-state index in [9.17, 15) is 4.79 Å². The number of ether oxygens (including phenoxy) is 2. The Bertz CT molecular complexity index is 3200. The van der Waals surface area contributed by atoms with Gasteiger partial charge in [0, 0.05) is 36.9 Å². The van der Waals surface area contributed by atoms with E-state index in [1.54, 1.807) is 0 Å². The molecule has 9 aromatic rings. The van der Waals surface area contributed by atoms with Gasteiger partial charge >= 0.3 is 6.09 Å². The van der Waals surface area contributed by atoms with E-state index in [1.165, 1.54) is 11.1 Å². The molecule has 10 rings (SSSR count). The molecule has 1 aliphatic rings. The lowest BCUT2D eigenvalue weighted by Gasteiger charge is -2.38. The van der Waals surface area contributed by atoms with Crippen molar-refractivity contribution in [1.29, 1.82) is 0 Å². The minimum absolute atomic E-state index is 0.122. The highest BCUT2D eigenvalue weighted by Crippen LogP contribution is 2.51. The molecule has 0 saturated carbocycles. The largest absolute Gasteiger partial charge is 0.488 e. The summed E-state index contributed by atoms with van der Waals surface area (Å²) in [5.74, 6) is 1.55. The van der Waals surface area contributed by atoms with Gasteiger partial charge in [-0.1, -0.05) is 242 Å². The van der Waals surface area contributed by atoms with Crippen LogP contribution in [0.5, 0.6) is 5.75 Å². The number of nitrogens with one attached hydrogen (secondary N) is 1. The Morgan fingerprint density at radius 2 is 0.863 bits per heavy atom. The van der Waals surface area contributed by atoms with E-state index in [2.05, 4.69) is 213 Å². The molecular weight excluding hydrogens is 1020 g/mol. The molecule has 0 radical (unpaired) electrons. The third-order valence-electron chi connectivity index (χ3n) is 15.0. The molecule has 1 aliphatic carbocycles. The topological polar surface area (TPSA) is 67.9 Å². The summed E-state index contributed by atoms with van der Waals surface area (Å²) < 4.78 is 11.2. The first-order valence-corrected chi connectivity index (χ1v) is 29.7. The first-order chi connectivity index (χ1) is 38.9. The fourth-order valence-electron chi connectivity index (χ4n) is 11.2. The van der Waals surface area contributed by atoms with E-state index >= 15 is 4.79 Å². The molecule has 0 aliphatic heterocycles. The molecule has 0 heterocycles. The van der Waals surface area contributed by atoms with Gasteiger partial charge in [-0.25, -0.2) is 4.79 Å². The van der Waals surface area contributed by atoms with Gasteiger partial charge in [0.25, 0.3) is 0 Å². The van der Waals surface area contributed by atoms with Crippen molar-refractivity contribution >= 4 is 35.5 Å². The summed E-state index contributed by atoms with van der Waals surface area (Å²) in [7, 11) is 0. The molecule has 0 bridgehead atoms. The number of nitrogens with zero attached hydrogens (tertiary/aromatic N) is 1. The van der Waals surface area contributed by atoms with Crippen molar-refractivity contribution < 1.29 is 19.1 Å². The van der Waals surface area contributed by atoms with Crippen molar-refractivity contribution in [3.63, 3.8) is 0 Å². The molecule has 0 aromatic heterocycles. The monoisotopic (exact) mass is 1090 g/mol. The van der Waals surface area contributed by atoms with E-state index in [1.807, 2.05) is 97.7 Å². The molecule has 1 atom stereocenters. The summed E-state index contributed by atoms with van der Waals surface area (Å²) in [5.41, 5.74) is 14.3. The number of thioether (sulfide) groups is 2. The van der Waals surface area contributed by atoms with Crippen LogP contribution in [-0.4, -0.2) is 59.7 Å². The van der Waals surface area contributed by atoms with Crippen molar-refractivity contribution in [2.75, 3.05) is 31.2 Å². The van der Waals surface area contributed by atoms with E-state index in [-0.39, 0.29) is 24.9 Å². The predicted octanol–water partition coefficient (Wildman–Crippen LogP) is 16.2.